The van der Waals surface area contributed by atoms with Crippen molar-refractivity contribution in [1.29, 1.82) is 0 Å². The van der Waals surface area contributed by atoms with Gasteiger partial charge in [-0.25, -0.2) is 4.79 Å². The van der Waals surface area contributed by atoms with Gasteiger partial charge in [0.05, 0.1) is 0 Å². The Morgan fingerprint density at radius 3 is 1.68 bits per heavy atom. The fourth-order valence-electron chi connectivity index (χ4n) is 4.80. The number of nitrogens with zero attached hydrogens (tertiary/aromatic N) is 2. The van der Waals surface area contributed by atoms with Gasteiger partial charge in [-0.05, 0) is 49.9 Å². The molecular weight excluding hydrogens is 314 g/mol. The Labute approximate surface area is 153 Å². The normalized spacial score (nSPS) is 31.4. The molecule has 4 fully saturated rings. The van der Waals surface area contributed by atoms with Crippen molar-refractivity contribution in [3.05, 3.63) is 0 Å². The third kappa shape index (κ3) is 4.12. The van der Waals surface area contributed by atoms with Gasteiger partial charge in [0.15, 0.2) is 0 Å². The molecule has 3 amide bonds. The van der Waals surface area contributed by atoms with Crippen LogP contribution in [0.15, 0.2) is 0 Å². The van der Waals surface area contributed by atoms with Gasteiger partial charge >= 0.3 is 6.03 Å². The average molecular weight is 352 g/mol. The van der Waals surface area contributed by atoms with E-state index in [9.17, 15) is 9.59 Å². The van der Waals surface area contributed by atoms with Gasteiger partial charge < -0.3 is 15.1 Å². The standard InChI is InChI=1S/C18H31N3O2.C2H6/c1-14(2)17-4-7-18(8-5-17,9-6-17)19-16(23)21-12-10-20(11-13-21)15(3)22;1-2/h14H,4-13H2,1-3H3,(H,19,23);1-2H3. The monoisotopic (exact) mass is 351 g/mol. The smallest absolute Gasteiger partial charge is 0.317 e. The van der Waals surface area contributed by atoms with E-state index in [0.717, 1.165) is 25.2 Å². The van der Waals surface area contributed by atoms with E-state index in [2.05, 4.69) is 19.2 Å². The molecule has 1 heterocycles. The number of nitrogens with one attached hydrogen (secondary N) is 1. The molecule has 0 unspecified atom stereocenters. The predicted octanol–water partition coefficient (Wildman–Crippen LogP) is 3.64. The van der Waals surface area contributed by atoms with Gasteiger partial charge in [0.25, 0.3) is 0 Å². The second-order valence-electron chi connectivity index (χ2n) is 8.22. The minimum absolute atomic E-state index is 0.0332. The first kappa shape index (κ1) is 20.1. The largest absolute Gasteiger partial charge is 0.339 e. The SMILES string of the molecule is CC.CC(=O)N1CCN(C(=O)NC23CCC(C(C)C)(CC2)CC3)CC1. The lowest BCUT2D eigenvalue weighted by Gasteiger charge is -2.56. The van der Waals surface area contributed by atoms with Gasteiger partial charge in [-0.15, -0.1) is 0 Å². The summed E-state index contributed by atoms with van der Waals surface area (Å²) in [6, 6.07) is 0.0761. The summed E-state index contributed by atoms with van der Waals surface area (Å²) in [5.74, 6) is 0.851. The third-order valence-corrected chi connectivity index (χ3v) is 6.91. The second kappa shape index (κ2) is 7.96. The summed E-state index contributed by atoms with van der Waals surface area (Å²) in [5.41, 5.74) is 0.561. The predicted molar refractivity (Wildman–Crippen MR) is 101 cm³/mol. The van der Waals surface area contributed by atoms with Crippen LogP contribution in [0.3, 0.4) is 0 Å². The number of hydrogen-bond donors (Lipinski definition) is 1. The molecule has 25 heavy (non-hydrogen) atoms. The summed E-state index contributed by atoms with van der Waals surface area (Å²) in [6.07, 6.45) is 7.15. The van der Waals surface area contributed by atoms with Crippen molar-refractivity contribution in [1.82, 2.24) is 15.1 Å². The minimum Gasteiger partial charge on any atom is -0.339 e. The van der Waals surface area contributed by atoms with E-state index >= 15 is 0 Å². The molecule has 5 heteroatoms. The second-order valence-corrected chi connectivity index (χ2v) is 8.22. The molecule has 5 nitrogen and oxygen atoms in total. The number of carbonyl (C=O) groups excluding carboxylic acids is 2. The lowest BCUT2D eigenvalue weighted by molar-refractivity contribution is -0.130. The molecule has 3 saturated carbocycles. The molecule has 0 aromatic rings. The molecule has 0 aromatic carbocycles. The van der Waals surface area contributed by atoms with E-state index in [1.165, 1.54) is 19.3 Å². The zero-order valence-electron chi connectivity index (χ0n) is 16.9. The van der Waals surface area contributed by atoms with Crippen LogP contribution in [0.2, 0.25) is 0 Å². The van der Waals surface area contributed by atoms with Crippen molar-refractivity contribution in [2.24, 2.45) is 11.3 Å². The van der Waals surface area contributed by atoms with Gasteiger partial charge in [-0.2, -0.15) is 0 Å². The highest BCUT2D eigenvalue weighted by molar-refractivity contribution is 5.76. The molecule has 4 aliphatic rings. The maximum Gasteiger partial charge on any atom is 0.317 e. The van der Waals surface area contributed by atoms with Gasteiger partial charge in [-0.3, -0.25) is 4.79 Å². The Morgan fingerprint density at radius 1 is 0.840 bits per heavy atom. The number of carbonyl (C=O) groups is 2. The van der Waals surface area contributed by atoms with Crippen molar-refractivity contribution in [3.8, 4) is 0 Å². The van der Waals surface area contributed by atoms with Crippen LogP contribution in [0.1, 0.15) is 73.1 Å². The maximum absolute atomic E-state index is 12.6. The van der Waals surface area contributed by atoms with E-state index in [4.69, 9.17) is 0 Å². The van der Waals surface area contributed by atoms with E-state index in [1.54, 1.807) is 6.92 Å². The molecule has 0 spiro atoms. The Kier molecular flexibility index (Phi) is 6.39. The van der Waals surface area contributed by atoms with Crippen molar-refractivity contribution in [3.63, 3.8) is 0 Å². The average Bonchev–Trinajstić information content (AvgIpc) is 2.64. The van der Waals surface area contributed by atoms with E-state index < -0.39 is 0 Å². The Morgan fingerprint density at radius 2 is 1.28 bits per heavy atom. The summed E-state index contributed by atoms with van der Waals surface area (Å²) in [6.45, 7) is 12.9. The summed E-state index contributed by atoms with van der Waals surface area (Å²) in [5, 5.41) is 3.37. The first-order valence-corrected chi connectivity index (χ1v) is 10.2. The van der Waals surface area contributed by atoms with Crippen molar-refractivity contribution in [2.45, 2.75) is 78.7 Å². The zero-order valence-corrected chi connectivity index (χ0v) is 16.9. The summed E-state index contributed by atoms with van der Waals surface area (Å²) in [4.78, 5) is 27.7. The molecule has 144 valence electrons. The quantitative estimate of drug-likeness (QED) is 0.826. The number of amides is 3. The van der Waals surface area contributed by atoms with Crippen LogP contribution in [0.4, 0.5) is 4.79 Å². The minimum atomic E-state index is 0.0332. The summed E-state index contributed by atoms with van der Waals surface area (Å²) < 4.78 is 0. The first-order valence-electron chi connectivity index (χ1n) is 10.2. The molecule has 0 atom stereocenters. The van der Waals surface area contributed by atoms with Crippen LogP contribution in [-0.2, 0) is 4.79 Å². The lowest BCUT2D eigenvalue weighted by Crippen LogP contribution is -2.61. The molecule has 3 aliphatic carbocycles. The van der Waals surface area contributed by atoms with Gasteiger partial charge in [0.2, 0.25) is 5.91 Å². The highest BCUT2D eigenvalue weighted by Gasteiger charge is 2.50. The Bertz CT molecular complexity index is 457. The number of piperazine rings is 1. The molecule has 1 N–H and O–H groups in total. The van der Waals surface area contributed by atoms with E-state index in [1.807, 2.05) is 23.6 Å². The van der Waals surface area contributed by atoms with Gasteiger partial charge in [0, 0.05) is 38.6 Å². The molecular formula is C20H37N3O2. The lowest BCUT2D eigenvalue weighted by atomic mass is 9.53. The first-order chi connectivity index (χ1) is 11.9. The fraction of sp³-hybridized carbons (Fsp3) is 0.900. The number of fused-ring (bicyclic) bond motifs is 3. The molecule has 1 saturated heterocycles. The molecule has 1 aliphatic heterocycles. The van der Waals surface area contributed by atoms with Crippen molar-refractivity contribution >= 4 is 11.9 Å². The molecule has 0 radical (unpaired) electrons. The Hall–Kier alpha value is -1.26. The molecule has 4 rings (SSSR count). The van der Waals surface area contributed by atoms with Crippen molar-refractivity contribution in [2.75, 3.05) is 26.2 Å². The van der Waals surface area contributed by atoms with Gasteiger partial charge in [-0.1, -0.05) is 27.7 Å². The molecule has 2 bridgehead atoms. The summed E-state index contributed by atoms with van der Waals surface area (Å²) in [7, 11) is 0. The zero-order chi connectivity index (χ0) is 18.7. The third-order valence-electron chi connectivity index (χ3n) is 6.91. The van der Waals surface area contributed by atoms with Crippen LogP contribution in [0, 0.1) is 11.3 Å². The highest BCUT2D eigenvalue weighted by Crippen LogP contribution is 2.55. The van der Waals surface area contributed by atoms with Crippen LogP contribution in [0.5, 0.6) is 0 Å². The van der Waals surface area contributed by atoms with Crippen LogP contribution >= 0.6 is 0 Å². The van der Waals surface area contributed by atoms with Crippen LogP contribution < -0.4 is 5.32 Å². The van der Waals surface area contributed by atoms with Crippen molar-refractivity contribution < 1.29 is 9.59 Å². The highest BCUT2D eigenvalue weighted by atomic mass is 16.2. The summed E-state index contributed by atoms with van der Waals surface area (Å²) >= 11 is 0. The van der Waals surface area contributed by atoms with E-state index in [-0.39, 0.29) is 17.5 Å². The number of hydrogen-bond acceptors (Lipinski definition) is 2. The van der Waals surface area contributed by atoms with Gasteiger partial charge in [0.1, 0.15) is 0 Å². The maximum atomic E-state index is 12.6. The number of rotatable bonds is 2. The Balaban J connectivity index is 0.00000109. The van der Waals surface area contributed by atoms with Crippen LogP contribution in [0.25, 0.3) is 0 Å². The van der Waals surface area contributed by atoms with Crippen LogP contribution in [-0.4, -0.2) is 53.5 Å². The fourth-order valence-corrected chi connectivity index (χ4v) is 4.80. The topological polar surface area (TPSA) is 52.7 Å². The molecule has 0 aromatic heterocycles. The number of urea groups is 1. The van der Waals surface area contributed by atoms with E-state index in [0.29, 0.717) is 31.6 Å².